The van der Waals surface area contributed by atoms with Crippen LogP contribution in [0.15, 0.2) is 48.7 Å². The van der Waals surface area contributed by atoms with Gasteiger partial charge in [-0.2, -0.15) is 0 Å². The summed E-state index contributed by atoms with van der Waals surface area (Å²) in [6.07, 6.45) is 6.06. The molecule has 1 amide bonds. The second kappa shape index (κ2) is 9.95. The minimum absolute atomic E-state index is 0.0799. The molecule has 0 atom stereocenters. The van der Waals surface area contributed by atoms with E-state index in [9.17, 15) is 4.79 Å². The Morgan fingerprint density at radius 2 is 2.04 bits per heavy atom. The van der Waals surface area contributed by atoms with Crippen LogP contribution in [0.4, 0.5) is 11.5 Å². The molecule has 0 fully saturated rings. The van der Waals surface area contributed by atoms with Crippen LogP contribution in [0.3, 0.4) is 0 Å². The van der Waals surface area contributed by atoms with Gasteiger partial charge in [0.25, 0.3) is 0 Å². The second-order valence-electron chi connectivity index (χ2n) is 6.98. The highest BCUT2D eigenvalue weighted by Gasteiger charge is 2.18. The molecule has 0 unspecified atom stereocenters. The van der Waals surface area contributed by atoms with Gasteiger partial charge in [-0.3, -0.25) is 4.79 Å². The molecule has 0 saturated carbocycles. The number of carbonyl (C=O) groups is 1. The molecule has 3 rings (SSSR count). The lowest BCUT2D eigenvalue weighted by molar-refractivity contribution is -0.119. The van der Waals surface area contributed by atoms with Crippen molar-refractivity contribution in [3.8, 4) is 0 Å². The Morgan fingerprint density at radius 1 is 1.19 bits per heavy atom. The number of anilines is 2. The monoisotopic (exact) mass is 366 g/mol. The predicted molar refractivity (Wildman–Crippen MR) is 111 cm³/mol. The lowest BCUT2D eigenvalue weighted by Crippen LogP contribution is -2.39. The van der Waals surface area contributed by atoms with Crippen molar-refractivity contribution in [1.29, 1.82) is 0 Å². The molecule has 0 spiro atoms. The fraction of sp³-hybridized carbons (Fsp3) is 0.455. The van der Waals surface area contributed by atoms with Gasteiger partial charge in [-0.25, -0.2) is 4.98 Å². The number of hydrogen-bond acceptors (Lipinski definition) is 4. The van der Waals surface area contributed by atoms with Gasteiger partial charge >= 0.3 is 0 Å². The average Bonchev–Trinajstić information content (AvgIpc) is 2.91. The van der Waals surface area contributed by atoms with Gasteiger partial charge in [0.15, 0.2) is 0 Å². The van der Waals surface area contributed by atoms with Crippen LogP contribution in [0.2, 0.25) is 0 Å². The van der Waals surface area contributed by atoms with Gasteiger partial charge < -0.3 is 15.1 Å². The zero-order chi connectivity index (χ0) is 18.9. The number of para-hydroxylation sites is 1. The minimum atomic E-state index is 0.0799. The maximum atomic E-state index is 12.4. The normalized spacial score (nSPS) is 13.6. The van der Waals surface area contributed by atoms with Crippen LogP contribution in [0.1, 0.15) is 31.7 Å². The van der Waals surface area contributed by atoms with Gasteiger partial charge in [0, 0.05) is 38.1 Å². The van der Waals surface area contributed by atoms with E-state index in [1.54, 1.807) is 0 Å². The van der Waals surface area contributed by atoms with Crippen molar-refractivity contribution < 1.29 is 4.79 Å². The summed E-state index contributed by atoms with van der Waals surface area (Å²) in [5.41, 5.74) is 2.49. The van der Waals surface area contributed by atoms with E-state index >= 15 is 0 Å². The smallest absolute Gasteiger partial charge is 0.239 e. The molecule has 1 aromatic heterocycles. The van der Waals surface area contributed by atoms with E-state index in [-0.39, 0.29) is 5.91 Å². The number of carbonyl (C=O) groups excluding carboxylic acids is 1. The number of nitrogens with one attached hydrogen (secondary N) is 1. The fourth-order valence-electron chi connectivity index (χ4n) is 3.62. The molecule has 0 saturated heterocycles. The van der Waals surface area contributed by atoms with Gasteiger partial charge in [0.1, 0.15) is 5.82 Å². The third-order valence-corrected chi connectivity index (χ3v) is 5.06. The summed E-state index contributed by atoms with van der Waals surface area (Å²) in [7, 11) is 0. The fourth-order valence-corrected chi connectivity index (χ4v) is 3.62. The van der Waals surface area contributed by atoms with Crippen LogP contribution in [0.5, 0.6) is 0 Å². The molecule has 5 nitrogen and oxygen atoms in total. The van der Waals surface area contributed by atoms with E-state index in [2.05, 4.69) is 57.4 Å². The van der Waals surface area contributed by atoms with Crippen molar-refractivity contribution in [2.45, 2.75) is 32.6 Å². The number of rotatable bonds is 8. The lowest BCUT2D eigenvalue weighted by Gasteiger charge is -2.24. The zero-order valence-electron chi connectivity index (χ0n) is 16.2. The van der Waals surface area contributed by atoms with Crippen molar-refractivity contribution in [2.75, 3.05) is 42.5 Å². The Kier molecular flexibility index (Phi) is 7.08. The lowest BCUT2D eigenvalue weighted by atomic mass is 10.1. The van der Waals surface area contributed by atoms with E-state index in [0.29, 0.717) is 13.1 Å². The summed E-state index contributed by atoms with van der Waals surface area (Å²) in [5, 5.41) is 3.08. The molecular weight excluding hydrogens is 336 g/mol. The Labute approximate surface area is 162 Å². The molecule has 144 valence electrons. The SMILES string of the molecule is CCN(CCCNC(=O)CN1CCCCc2cccnc21)c1ccccc1. The maximum absolute atomic E-state index is 12.4. The first-order chi connectivity index (χ1) is 13.3. The van der Waals surface area contributed by atoms with Crippen LogP contribution in [-0.2, 0) is 11.2 Å². The van der Waals surface area contributed by atoms with Crippen LogP contribution >= 0.6 is 0 Å². The Bertz CT molecular complexity index is 719. The summed E-state index contributed by atoms with van der Waals surface area (Å²) in [6, 6.07) is 14.5. The van der Waals surface area contributed by atoms with Crippen molar-refractivity contribution in [3.63, 3.8) is 0 Å². The summed E-state index contributed by atoms with van der Waals surface area (Å²) in [6.45, 7) is 6.05. The maximum Gasteiger partial charge on any atom is 0.239 e. The predicted octanol–water partition coefficient (Wildman–Crippen LogP) is 3.26. The number of nitrogens with zero attached hydrogens (tertiary/aromatic N) is 3. The van der Waals surface area contributed by atoms with E-state index in [0.717, 1.165) is 51.1 Å². The van der Waals surface area contributed by atoms with E-state index in [4.69, 9.17) is 0 Å². The van der Waals surface area contributed by atoms with Crippen LogP contribution in [-0.4, -0.2) is 43.6 Å². The quantitative estimate of drug-likeness (QED) is 0.729. The number of benzene rings is 1. The van der Waals surface area contributed by atoms with Crippen molar-refractivity contribution in [1.82, 2.24) is 10.3 Å². The zero-order valence-corrected chi connectivity index (χ0v) is 16.2. The van der Waals surface area contributed by atoms with Crippen LogP contribution < -0.4 is 15.1 Å². The molecule has 0 bridgehead atoms. The molecule has 2 heterocycles. The number of hydrogen-bond donors (Lipinski definition) is 1. The Hall–Kier alpha value is -2.56. The van der Waals surface area contributed by atoms with Gasteiger partial charge in [0.2, 0.25) is 5.91 Å². The average molecular weight is 367 g/mol. The Morgan fingerprint density at radius 3 is 2.85 bits per heavy atom. The first-order valence-corrected chi connectivity index (χ1v) is 10.0. The minimum Gasteiger partial charge on any atom is -0.372 e. The van der Waals surface area contributed by atoms with Crippen LogP contribution in [0, 0.1) is 0 Å². The summed E-state index contributed by atoms with van der Waals surface area (Å²) in [4.78, 5) is 21.4. The summed E-state index contributed by atoms with van der Waals surface area (Å²) in [5.74, 6) is 1.06. The van der Waals surface area contributed by atoms with Crippen molar-refractivity contribution in [2.24, 2.45) is 0 Å². The summed E-state index contributed by atoms with van der Waals surface area (Å²) < 4.78 is 0. The summed E-state index contributed by atoms with van der Waals surface area (Å²) >= 11 is 0. The number of pyridine rings is 1. The van der Waals surface area contributed by atoms with E-state index in [1.807, 2.05) is 18.3 Å². The Balaban J connectivity index is 1.45. The van der Waals surface area contributed by atoms with Gasteiger partial charge in [0.05, 0.1) is 6.54 Å². The van der Waals surface area contributed by atoms with Gasteiger partial charge in [-0.05, 0) is 56.4 Å². The number of amides is 1. The molecule has 1 N–H and O–H groups in total. The van der Waals surface area contributed by atoms with Crippen molar-refractivity contribution in [3.05, 3.63) is 54.2 Å². The molecule has 1 aromatic carbocycles. The molecular formula is C22H30N4O. The van der Waals surface area contributed by atoms with E-state index < -0.39 is 0 Å². The largest absolute Gasteiger partial charge is 0.372 e. The highest BCUT2D eigenvalue weighted by atomic mass is 16.2. The van der Waals surface area contributed by atoms with Gasteiger partial charge in [-0.15, -0.1) is 0 Å². The molecule has 1 aliphatic heterocycles. The molecule has 27 heavy (non-hydrogen) atoms. The third-order valence-electron chi connectivity index (χ3n) is 5.06. The second-order valence-corrected chi connectivity index (χ2v) is 6.98. The van der Waals surface area contributed by atoms with Crippen molar-refractivity contribution >= 4 is 17.4 Å². The first kappa shape index (κ1) is 19.2. The molecule has 1 aliphatic rings. The standard InChI is InChI=1S/C22H30N4O/c1-2-25(20-12-4-3-5-13-20)17-9-15-23-21(27)18-26-16-7-6-10-19-11-8-14-24-22(19)26/h3-5,8,11-14H,2,6-7,9-10,15-18H2,1H3,(H,23,27). The van der Waals surface area contributed by atoms with Gasteiger partial charge in [-0.1, -0.05) is 24.3 Å². The van der Waals surface area contributed by atoms with Crippen LogP contribution in [0.25, 0.3) is 0 Å². The number of aryl methyl sites for hydroxylation is 1. The molecule has 2 aromatic rings. The molecule has 0 radical (unpaired) electrons. The highest BCUT2D eigenvalue weighted by molar-refractivity contribution is 5.81. The first-order valence-electron chi connectivity index (χ1n) is 10.0. The number of aromatic nitrogens is 1. The topological polar surface area (TPSA) is 48.5 Å². The molecule has 5 heteroatoms. The highest BCUT2D eigenvalue weighted by Crippen LogP contribution is 2.23. The van der Waals surface area contributed by atoms with E-state index in [1.165, 1.54) is 11.3 Å². The third kappa shape index (κ3) is 5.46. The molecule has 0 aliphatic carbocycles. The number of fused-ring (bicyclic) bond motifs is 1.